The third kappa shape index (κ3) is 6.35. The molecule has 1 unspecified atom stereocenters. The number of aromatic nitrogens is 3. The van der Waals surface area contributed by atoms with E-state index in [0.717, 1.165) is 38.8 Å². The number of ether oxygens (including phenoxy) is 4. The number of halogens is 2. The molecule has 4 aromatic rings. The van der Waals surface area contributed by atoms with Gasteiger partial charge in [0.05, 0.1) is 22.2 Å². The van der Waals surface area contributed by atoms with Crippen LogP contribution >= 0.6 is 0 Å². The van der Waals surface area contributed by atoms with Crippen LogP contribution in [-0.4, -0.2) is 101 Å². The molecule has 0 aliphatic carbocycles. The molecule has 3 fully saturated rings. The Balaban J connectivity index is 1.28. The van der Waals surface area contributed by atoms with Gasteiger partial charge >= 0.3 is 12.1 Å². The van der Waals surface area contributed by atoms with Crippen molar-refractivity contribution in [2.75, 3.05) is 58.1 Å². The molecule has 6 heterocycles. The molecule has 3 saturated heterocycles. The van der Waals surface area contributed by atoms with Crippen molar-refractivity contribution in [3.8, 4) is 35.4 Å². The quantitative estimate of drug-likeness (QED) is 0.156. The Bertz CT molecular complexity index is 2140. The lowest BCUT2D eigenvalue weighted by molar-refractivity contribution is 0.0212. The average molecular weight is 727 g/mol. The molecule has 1 amide bonds. The second-order valence-corrected chi connectivity index (χ2v) is 15.5. The highest BCUT2D eigenvalue weighted by molar-refractivity contribution is 6.03. The van der Waals surface area contributed by atoms with Crippen LogP contribution in [0.15, 0.2) is 24.3 Å². The van der Waals surface area contributed by atoms with Gasteiger partial charge in [0.15, 0.2) is 12.6 Å². The molecule has 278 valence electrons. The van der Waals surface area contributed by atoms with Gasteiger partial charge in [0, 0.05) is 43.7 Å². The van der Waals surface area contributed by atoms with E-state index in [1.807, 2.05) is 20.8 Å². The molecule has 0 spiro atoms. The van der Waals surface area contributed by atoms with Crippen molar-refractivity contribution in [3.05, 3.63) is 47.2 Å². The first-order valence-corrected chi connectivity index (χ1v) is 18.4. The maximum Gasteiger partial charge on any atom is 0.410 e. The average Bonchev–Trinajstić information content (AvgIpc) is 3.68. The van der Waals surface area contributed by atoms with E-state index in [0.29, 0.717) is 72.5 Å². The Labute approximate surface area is 307 Å². The van der Waals surface area contributed by atoms with Crippen LogP contribution < -0.4 is 14.4 Å². The smallest absolute Gasteiger partial charge is 0.410 e. The zero-order chi connectivity index (χ0) is 37.1. The van der Waals surface area contributed by atoms with Crippen LogP contribution in [0, 0.1) is 24.0 Å². The number of rotatable bonds is 7. The van der Waals surface area contributed by atoms with E-state index in [1.165, 1.54) is 13.2 Å². The molecule has 4 aliphatic rings. The van der Waals surface area contributed by atoms with Crippen molar-refractivity contribution in [2.45, 2.75) is 76.5 Å². The van der Waals surface area contributed by atoms with Crippen LogP contribution in [0.5, 0.6) is 11.8 Å². The number of carbonyl (C=O) groups is 1. The Kier molecular flexibility index (Phi) is 9.02. The first-order chi connectivity index (χ1) is 25.5. The van der Waals surface area contributed by atoms with Crippen molar-refractivity contribution >= 4 is 33.6 Å². The van der Waals surface area contributed by atoms with E-state index in [9.17, 15) is 4.79 Å². The van der Waals surface area contributed by atoms with Gasteiger partial charge < -0.3 is 28.7 Å². The van der Waals surface area contributed by atoms with Crippen molar-refractivity contribution in [1.82, 2.24) is 24.8 Å². The minimum absolute atomic E-state index is 0.00773. The first-order valence-electron chi connectivity index (χ1n) is 18.4. The van der Waals surface area contributed by atoms with Crippen LogP contribution in [-0.2, 0) is 15.9 Å². The number of aryl methyl sites for hydroxylation is 1. The number of methoxy groups -OCH3 is 1. The molecule has 4 aliphatic heterocycles. The summed E-state index contributed by atoms with van der Waals surface area (Å²) in [7, 11) is 1.50. The molecule has 0 bridgehead atoms. The van der Waals surface area contributed by atoms with Crippen molar-refractivity contribution in [3.63, 3.8) is 0 Å². The molecule has 13 heteroatoms. The largest absolute Gasteiger partial charge is 0.468 e. The number of piperazine rings is 1. The highest BCUT2D eigenvalue weighted by Gasteiger charge is 2.45. The van der Waals surface area contributed by atoms with Crippen molar-refractivity contribution < 1.29 is 32.5 Å². The van der Waals surface area contributed by atoms with E-state index in [1.54, 1.807) is 23.1 Å². The van der Waals surface area contributed by atoms with Gasteiger partial charge in [-0.15, -0.1) is 6.42 Å². The number of pyridine rings is 1. The number of amides is 1. The van der Waals surface area contributed by atoms with Crippen molar-refractivity contribution in [1.29, 1.82) is 0 Å². The highest BCUT2D eigenvalue weighted by atomic mass is 19.1. The van der Waals surface area contributed by atoms with E-state index in [-0.39, 0.29) is 52.8 Å². The lowest BCUT2D eigenvalue weighted by atomic mass is 9.95. The van der Waals surface area contributed by atoms with Crippen LogP contribution in [0.3, 0.4) is 0 Å². The normalized spacial score (nSPS) is 19.5. The summed E-state index contributed by atoms with van der Waals surface area (Å²) in [5.74, 6) is 2.05. The second kappa shape index (κ2) is 13.6. The fraction of sp³-hybridized carbons (Fsp3) is 0.500. The van der Waals surface area contributed by atoms with E-state index in [2.05, 4.69) is 15.7 Å². The number of fused-ring (bicyclic) bond motifs is 4. The fourth-order valence-electron chi connectivity index (χ4n) is 8.63. The summed E-state index contributed by atoms with van der Waals surface area (Å²) in [6.45, 7) is 9.19. The van der Waals surface area contributed by atoms with Gasteiger partial charge in [-0.2, -0.15) is 9.97 Å². The van der Waals surface area contributed by atoms with E-state index < -0.39 is 17.2 Å². The topological polar surface area (TPSA) is 102 Å². The van der Waals surface area contributed by atoms with Gasteiger partial charge in [0.2, 0.25) is 0 Å². The molecule has 0 N–H and O–H groups in total. The van der Waals surface area contributed by atoms with Crippen LogP contribution in [0.25, 0.3) is 32.9 Å². The van der Waals surface area contributed by atoms with Gasteiger partial charge in [-0.05, 0) is 96.0 Å². The highest BCUT2D eigenvalue weighted by Crippen LogP contribution is 2.43. The number of benzene rings is 2. The minimum atomic E-state index is -0.706. The lowest BCUT2D eigenvalue weighted by Gasteiger charge is -2.41. The van der Waals surface area contributed by atoms with Crippen LogP contribution in [0.1, 0.15) is 64.1 Å². The Morgan fingerprint density at radius 3 is 2.57 bits per heavy atom. The molecular weight excluding hydrogens is 682 g/mol. The molecule has 53 heavy (non-hydrogen) atoms. The van der Waals surface area contributed by atoms with Gasteiger partial charge in [-0.1, -0.05) is 12.0 Å². The number of nitrogens with zero attached hydrogens (tertiary/aromatic N) is 6. The summed E-state index contributed by atoms with van der Waals surface area (Å²) in [6, 6.07) is 6.11. The summed E-state index contributed by atoms with van der Waals surface area (Å²) < 4.78 is 55.8. The third-order valence-corrected chi connectivity index (χ3v) is 11.0. The standard InChI is InChI=1S/C40H44F2N6O5/c1-6-27-29(41)11-9-24-19-26(52-23-50-5)20-28(31(24)27)34-33(42)35-32-30(43-34)12-10-25-21-46(38(49)53-39(2,3)4)17-18-48(25)36(32)45-37(44-35)51-22-40-13-7-15-47(40)16-8-14-40/h1,9,11,19-20,25H,7-8,10,12-18,21-23H2,2-5H3. The predicted octanol–water partition coefficient (Wildman–Crippen LogP) is 6.47. The van der Waals surface area contributed by atoms with E-state index in [4.69, 9.17) is 40.3 Å². The molecule has 2 aromatic carbocycles. The maximum absolute atomic E-state index is 17.4. The van der Waals surface area contributed by atoms with Crippen molar-refractivity contribution in [2.24, 2.45) is 0 Å². The second-order valence-electron chi connectivity index (χ2n) is 15.5. The molecule has 0 saturated carbocycles. The monoisotopic (exact) mass is 726 g/mol. The SMILES string of the molecule is C#Cc1c(F)ccc2cc(OCOC)cc(-c3nc4c5c(nc(OCC67CCCN6CCC7)nc5c3F)N3CCN(C(=O)OC(C)(C)C)CC3CC4)c12. The summed E-state index contributed by atoms with van der Waals surface area (Å²) in [5, 5.41) is 1.38. The van der Waals surface area contributed by atoms with Crippen LogP contribution in [0.2, 0.25) is 0 Å². The molecule has 1 atom stereocenters. The predicted molar refractivity (Wildman–Crippen MR) is 196 cm³/mol. The zero-order valence-electron chi connectivity index (χ0n) is 30.6. The number of hydrogen-bond acceptors (Lipinski definition) is 10. The van der Waals surface area contributed by atoms with Crippen LogP contribution in [0.4, 0.5) is 19.4 Å². The van der Waals surface area contributed by atoms with Gasteiger partial charge in [-0.25, -0.2) is 18.6 Å². The van der Waals surface area contributed by atoms with E-state index >= 15 is 8.78 Å². The molecule has 8 rings (SSSR count). The third-order valence-electron chi connectivity index (χ3n) is 11.0. The maximum atomic E-state index is 17.4. The number of hydrogen-bond donors (Lipinski definition) is 0. The molecular formula is C40H44F2N6O5. The summed E-state index contributed by atoms with van der Waals surface area (Å²) >= 11 is 0. The summed E-state index contributed by atoms with van der Waals surface area (Å²) in [6.07, 6.45) is 10.8. The van der Waals surface area contributed by atoms with Gasteiger partial charge in [0.1, 0.15) is 40.8 Å². The fourth-order valence-corrected chi connectivity index (χ4v) is 8.63. The zero-order valence-corrected chi connectivity index (χ0v) is 30.6. The van der Waals surface area contributed by atoms with Gasteiger partial charge in [-0.3, -0.25) is 4.90 Å². The number of anilines is 1. The Hall–Kier alpha value is -4.80. The molecule has 2 aromatic heterocycles. The molecule has 11 nitrogen and oxygen atoms in total. The Morgan fingerprint density at radius 2 is 1.83 bits per heavy atom. The summed E-state index contributed by atoms with van der Waals surface area (Å²) in [4.78, 5) is 34.2. The van der Waals surface area contributed by atoms with Gasteiger partial charge in [0.25, 0.3) is 0 Å². The number of terminal acetylenes is 1. The first kappa shape index (κ1) is 35.2. The summed E-state index contributed by atoms with van der Waals surface area (Å²) in [5.41, 5.74) is 0.145. The lowest BCUT2D eigenvalue weighted by Crippen LogP contribution is -2.55. The minimum Gasteiger partial charge on any atom is -0.468 e. The number of carbonyl (C=O) groups excluding carboxylic acids is 1. The molecule has 0 radical (unpaired) electrons. The Morgan fingerprint density at radius 1 is 1.04 bits per heavy atom.